The fraction of sp³-hybridized carbons (Fsp3) is 0.381. The van der Waals surface area contributed by atoms with E-state index in [1.165, 1.54) is 17.5 Å². The third kappa shape index (κ3) is 3.86. The van der Waals surface area contributed by atoms with Gasteiger partial charge >= 0.3 is 0 Å². The predicted octanol–water partition coefficient (Wildman–Crippen LogP) is 3.46. The lowest BCUT2D eigenvalue weighted by atomic mass is 9.90. The largest absolute Gasteiger partial charge is 0.333 e. The minimum Gasteiger partial charge on any atom is -0.333 e. The van der Waals surface area contributed by atoms with Crippen molar-refractivity contribution in [3.8, 4) is 0 Å². The highest BCUT2D eigenvalue weighted by Crippen LogP contribution is 2.32. The number of sulfonamides is 1. The molecule has 1 aliphatic heterocycles. The molecule has 1 N–H and O–H groups in total. The van der Waals surface area contributed by atoms with Crippen molar-refractivity contribution in [2.75, 3.05) is 0 Å². The van der Waals surface area contributed by atoms with Crippen molar-refractivity contribution in [3.05, 3.63) is 65.7 Å². The van der Waals surface area contributed by atoms with E-state index in [-0.39, 0.29) is 17.0 Å². The van der Waals surface area contributed by atoms with Crippen LogP contribution < -0.4 is 4.72 Å². The van der Waals surface area contributed by atoms with Gasteiger partial charge in [0.1, 0.15) is 0 Å². The number of nitrogens with zero attached hydrogens (tertiary/aromatic N) is 2. The summed E-state index contributed by atoms with van der Waals surface area (Å²) in [6, 6.07) is 17.3. The summed E-state index contributed by atoms with van der Waals surface area (Å²) >= 11 is 0. The van der Waals surface area contributed by atoms with Crippen LogP contribution in [0.2, 0.25) is 0 Å². The summed E-state index contributed by atoms with van der Waals surface area (Å²) in [5, 5.41) is 0. The van der Waals surface area contributed by atoms with E-state index in [9.17, 15) is 8.42 Å². The maximum atomic E-state index is 12.8. The third-order valence-electron chi connectivity index (χ3n) is 5.41. The minimum atomic E-state index is -3.64. The SMILES string of the molecule is Cc1ccc(CN2C(NS(=O)(=O)c3ccccc3)=NC3CCCCC32)cc1. The molecule has 1 heterocycles. The second-order valence-electron chi connectivity index (χ2n) is 7.40. The zero-order valence-electron chi connectivity index (χ0n) is 15.5. The van der Waals surface area contributed by atoms with E-state index in [1.54, 1.807) is 24.3 Å². The lowest BCUT2D eigenvalue weighted by Crippen LogP contribution is -2.46. The van der Waals surface area contributed by atoms with E-state index in [4.69, 9.17) is 4.99 Å². The van der Waals surface area contributed by atoms with Gasteiger partial charge in [0.15, 0.2) is 0 Å². The first-order valence-electron chi connectivity index (χ1n) is 9.51. The van der Waals surface area contributed by atoms with Crippen LogP contribution in [0.15, 0.2) is 64.5 Å². The van der Waals surface area contributed by atoms with Crippen LogP contribution in [0.4, 0.5) is 0 Å². The zero-order valence-corrected chi connectivity index (χ0v) is 16.3. The predicted molar refractivity (Wildman–Crippen MR) is 107 cm³/mol. The second-order valence-corrected chi connectivity index (χ2v) is 9.09. The third-order valence-corrected chi connectivity index (χ3v) is 6.75. The van der Waals surface area contributed by atoms with Gasteiger partial charge < -0.3 is 4.90 Å². The maximum absolute atomic E-state index is 12.8. The zero-order chi connectivity index (χ0) is 18.9. The summed E-state index contributed by atoms with van der Waals surface area (Å²) in [5.41, 5.74) is 2.38. The fourth-order valence-electron chi connectivity index (χ4n) is 3.94. The van der Waals surface area contributed by atoms with E-state index in [2.05, 4.69) is 40.8 Å². The Kier molecular flexibility index (Phi) is 4.91. The lowest BCUT2D eigenvalue weighted by Gasteiger charge is -2.33. The quantitative estimate of drug-likeness (QED) is 0.880. The van der Waals surface area contributed by atoms with Gasteiger partial charge in [0.2, 0.25) is 5.96 Å². The number of aryl methyl sites for hydroxylation is 1. The van der Waals surface area contributed by atoms with E-state index < -0.39 is 10.0 Å². The van der Waals surface area contributed by atoms with Crippen molar-refractivity contribution in [2.24, 2.45) is 4.99 Å². The van der Waals surface area contributed by atoms with Crippen LogP contribution in [0.5, 0.6) is 0 Å². The summed E-state index contributed by atoms with van der Waals surface area (Å²) in [4.78, 5) is 7.18. The number of guanidine groups is 1. The highest BCUT2D eigenvalue weighted by atomic mass is 32.2. The van der Waals surface area contributed by atoms with Gasteiger partial charge in [0, 0.05) is 6.54 Å². The van der Waals surface area contributed by atoms with Crippen molar-refractivity contribution in [1.29, 1.82) is 0 Å². The first-order chi connectivity index (χ1) is 13.0. The summed E-state index contributed by atoms with van der Waals surface area (Å²) in [6.45, 7) is 2.73. The Hall–Kier alpha value is -2.34. The molecule has 0 amide bonds. The topological polar surface area (TPSA) is 61.8 Å². The first-order valence-corrected chi connectivity index (χ1v) is 11.0. The van der Waals surface area contributed by atoms with Gasteiger partial charge in [-0.3, -0.25) is 0 Å². The Bertz CT molecular complexity index is 924. The van der Waals surface area contributed by atoms with Gasteiger partial charge in [-0.25, -0.2) is 18.1 Å². The van der Waals surface area contributed by atoms with Crippen molar-refractivity contribution in [1.82, 2.24) is 9.62 Å². The smallest absolute Gasteiger partial charge is 0.264 e. The van der Waals surface area contributed by atoms with Crippen LogP contribution in [0.1, 0.15) is 36.8 Å². The van der Waals surface area contributed by atoms with E-state index in [0.29, 0.717) is 12.5 Å². The minimum absolute atomic E-state index is 0.178. The number of benzene rings is 2. The lowest BCUT2D eigenvalue weighted by molar-refractivity contribution is 0.237. The molecule has 2 aliphatic rings. The molecule has 0 aromatic heterocycles. The van der Waals surface area contributed by atoms with Gasteiger partial charge in [-0.05, 0) is 37.5 Å². The molecule has 0 spiro atoms. The maximum Gasteiger partial charge on any atom is 0.264 e. The molecule has 0 saturated heterocycles. The average Bonchev–Trinajstić information content (AvgIpc) is 3.01. The molecule has 2 atom stereocenters. The summed E-state index contributed by atoms with van der Waals surface area (Å²) in [5.74, 6) is 0.483. The monoisotopic (exact) mass is 383 g/mol. The Morgan fingerprint density at radius 1 is 1.04 bits per heavy atom. The van der Waals surface area contributed by atoms with Gasteiger partial charge in [-0.1, -0.05) is 60.9 Å². The van der Waals surface area contributed by atoms with Crippen LogP contribution in [0, 0.1) is 6.92 Å². The number of fused-ring (bicyclic) bond motifs is 1. The molecule has 6 heteroatoms. The molecule has 142 valence electrons. The van der Waals surface area contributed by atoms with Crippen LogP contribution >= 0.6 is 0 Å². The Morgan fingerprint density at radius 2 is 1.74 bits per heavy atom. The highest BCUT2D eigenvalue weighted by molar-refractivity contribution is 7.90. The van der Waals surface area contributed by atoms with Gasteiger partial charge in [0.25, 0.3) is 10.0 Å². The molecule has 2 aromatic rings. The van der Waals surface area contributed by atoms with Gasteiger partial charge in [0.05, 0.1) is 17.0 Å². The Balaban J connectivity index is 1.61. The Morgan fingerprint density at radius 3 is 2.48 bits per heavy atom. The number of hydrogen-bond acceptors (Lipinski definition) is 4. The molecule has 1 saturated carbocycles. The molecular weight excluding hydrogens is 358 g/mol. The highest BCUT2D eigenvalue weighted by Gasteiger charge is 2.39. The molecule has 4 rings (SSSR count). The standard InChI is InChI=1S/C21H25N3O2S/c1-16-11-13-17(14-12-16)15-24-20-10-6-5-9-19(20)22-21(24)23-27(25,26)18-7-3-2-4-8-18/h2-4,7-8,11-14,19-20H,5-6,9-10,15H2,1H3,(H,22,23). The van der Waals surface area contributed by atoms with Gasteiger partial charge in [-0.2, -0.15) is 0 Å². The number of nitrogens with one attached hydrogen (secondary N) is 1. The second kappa shape index (κ2) is 7.35. The van der Waals surface area contributed by atoms with Crippen molar-refractivity contribution in [2.45, 2.75) is 56.1 Å². The molecule has 2 aromatic carbocycles. The van der Waals surface area contributed by atoms with Crippen molar-refractivity contribution >= 4 is 16.0 Å². The summed E-state index contributed by atoms with van der Waals surface area (Å²) < 4.78 is 28.4. The van der Waals surface area contributed by atoms with Crippen molar-refractivity contribution < 1.29 is 8.42 Å². The number of aliphatic imine (C=N–C) groups is 1. The normalized spacial score (nSPS) is 22.3. The van der Waals surface area contributed by atoms with Crippen LogP contribution in [0.25, 0.3) is 0 Å². The van der Waals surface area contributed by atoms with Crippen LogP contribution in [-0.4, -0.2) is 31.4 Å². The summed E-state index contributed by atoms with van der Waals surface area (Å²) in [6.07, 6.45) is 4.39. The summed E-state index contributed by atoms with van der Waals surface area (Å²) in [7, 11) is -3.64. The van der Waals surface area contributed by atoms with Gasteiger partial charge in [-0.15, -0.1) is 0 Å². The van der Waals surface area contributed by atoms with Crippen molar-refractivity contribution in [3.63, 3.8) is 0 Å². The van der Waals surface area contributed by atoms with E-state index in [1.807, 2.05) is 6.07 Å². The van der Waals surface area contributed by atoms with E-state index >= 15 is 0 Å². The molecular formula is C21H25N3O2S. The molecule has 1 aliphatic carbocycles. The molecule has 27 heavy (non-hydrogen) atoms. The molecule has 5 nitrogen and oxygen atoms in total. The van der Waals surface area contributed by atoms with E-state index in [0.717, 1.165) is 19.3 Å². The molecule has 1 fully saturated rings. The molecule has 0 bridgehead atoms. The number of rotatable bonds is 4. The first kappa shape index (κ1) is 18.0. The van der Waals surface area contributed by atoms with Crippen LogP contribution in [-0.2, 0) is 16.6 Å². The average molecular weight is 384 g/mol. The Labute approximate surface area is 161 Å². The molecule has 2 unspecified atom stereocenters. The fourth-order valence-corrected chi connectivity index (χ4v) is 4.98. The van der Waals surface area contributed by atoms with Crippen LogP contribution in [0.3, 0.4) is 0 Å². The number of hydrogen-bond donors (Lipinski definition) is 1. The molecule has 0 radical (unpaired) electrons.